The maximum atomic E-state index is 12.8. The van der Waals surface area contributed by atoms with Gasteiger partial charge < -0.3 is 19.0 Å². The first-order valence-electron chi connectivity index (χ1n) is 11.2. The summed E-state index contributed by atoms with van der Waals surface area (Å²) in [6.45, 7) is 10.8. The number of aryl methyl sites for hydroxylation is 1. The van der Waals surface area contributed by atoms with Crippen molar-refractivity contribution in [2.45, 2.75) is 26.7 Å². The number of anilines is 1. The molecule has 172 valence electrons. The first-order chi connectivity index (χ1) is 15.9. The van der Waals surface area contributed by atoms with E-state index in [0.717, 1.165) is 35.4 Å². The van der Waals surface area contributed by atoms with Crippen LogP contribution in [0.5, 0.6) is 5.75 Å². The average Bonchev–Trinajstić information content (AvgIpc) is 2.83. The normalized spacial score (nSPS) is 13.9. The van der Waals surface area contributed by atoms with E-state index in [1.54, 1.807) is 12.3 Å². The lowest BCUT2D eigenvalue weighted by molar-refractivity contribution is -0.131. The zero-order valence-corrected chi connectivity index (χ0v) is 19.2. The van der Waals surface area contributed by atoms with Gasteiger partial charge in [-0.1, -0.05) is 12.6 Å². The van der Waals surface area contributed by atoms with E-state index in [9.17, 15) is 9.59 Å². The Balaban J connectivity index is 1.39. The zero-order valence-electron chi connectivity index (χ0n) is 19.2. The molecule has 4 rings (SSSR count). The predicted molar refractivity (Wildman–Crippen MR) is 129 cm³/mol. The van der Waals surface area contributed by atoms with E-state index in [2.05, 4.69) is 16.5 Å². The summed E-state index contributed by atoms with van der Waals surface area (Å²) in [7, 11) is 0. The number of rotatable bonds is 7. The first kappa shape index (κ1) is 22.6. The van der Waals surface area contributed by atoms with Crippen molar-refractivity contribution in [1.29, 1.82) is 0 Å². The molecule has 0 bridgehead atoms. The maximum Gasteiger partial charge on any atom is 0.339 e. The van der Waals surface area contributed by atoms with Crippen LogP contribution in [0.15, 0.2) is 64.0 Å². The summed E-state index contributed by atoms with van der Waals surface area (Å²) in [4.78, 5) is 33.9. The molecule has 0 aliphatic carbocycles. The van der Waals surface area contributed by atoms with Gasteiger partial charge in [-0.3, -0.25) is 4.79 Å². The molecular formula is C26H29N3O4. The standard InChI is InChI=1S/C26H29N3O4/c1-18(2)17-32-20-7-8-21-19(3)22(26(31)33-23(21)16-20)9-10-25(30)29-14-12-28(13-15-29)24-6-4-5-11-27-24/h4-8,11,16H,1,9-10,12-15,17H2,2-3H3. The van der Waals surface area contributed by atoms with Crippen LogP contribution >= 0.6 is 0 Å². The molecule has 2 aromatic heterocycles. The van der Waals surface area contributed by atoms with Crippen molar-refractivity contribution >= 4 is 22.7 Å². The molecule has 0 unspecified atom stereocenters. The molecule has 1 fully saturated rings. The second-order valence-corrected chi connectivity index (χ2v) is 8.45. The number of amides is 1. The van der Waals surface area contributed by atoms with E-state index in [1.165, 1.54) is 0 Å². The van der Waals surface area contributed by atoms with E-state index in [0.29, 0.717) is 43.0 Å². The van der Waals surface area contributed by atoms with Crippen molar-refractivity contribution in [3.8, 4) is 5.75 Å². The van der Waals surface area contributed by atoms with Gasteiger partial charge in [-0.2, -0.15) is 0 Å². The van der Waals surface area contributed by atoms with Crippen molar-refractivity contribution in [2.75, 3.05) is 37.7 Å². The third-order valence-electron chi connectivity index (χ3n) is 5.94. The minimum atomic E-state index is -0.398. The monoisotopic (exact) mass is 447 g/mol. The highest BCUT2D eigenvalue weighted by Gasteiger charge is 2.22. The highest BCUT2D eigenvalue weighted by Crippen LogP contribution is 2.25. The van der Waals surface area contributed by atoms with Crippen LogP contribution in [-0.4, -0.2) is 48.6 Å². The summed E-state index contributed by atoms with van der Waals surface area (Å²) in [6.07, 6.45) is 2.41. The summed E-state index contributed by atoms with van der Waals surface area (Å²) < 4.78 is 11.2. The van der Waals surface area contributed by atoms with Crippen molar-refractivity contribution in [2.24, 2.45) is 0 Å². The fourth-order valence-electron chi connectivity index (χ4n) is 4.08. The van der Waals surface area contributed by atoms with Gasteiger partial charge in [0.25, 0.3) is 0 Å². The lowest BCUT2D eigenvalue weighted by Gasteiger charge is -2.35. The van der Waals surface area contributed by atoms with Crippen molar-refractivity contribution in [3.05, 3.63) is 76.3 Å². The summed E-state index contributed by atoms with van der Waals surface area (Å²) in [5, 5.41) is 0.851. The van der Waals surface area contributed by atoms with Gasteiger partial charge in [0.2, 0.25) is 5.91 Å². The second kappa shape index (κ2) is 9.90. The van der Waals surface area contributed by atoms with Crippen LogP contribution in [0.2, 0.25) is 0 Å². The topological polar surface area (TPSA) is 75.9 Å². The van der Waals surface area contributed by atoms with Gasteiger partial charge in [0.1, 0.15) is 23.8 Å². The SMILES string of the molecule is C=C(C)COc1ccc2c(C)c(CCC(=O)N3CCN(c4ccccn4)CC3)c(=O)oc2c1. The van der Waals surface area contributed by atoms with Gasteiger partial charge in [-0.25, -0.2) is 9.78 Å². The van der Waals surface area contributed by atoms with Gasteiger partial charge in [0, 0.05) is 55.8 Å². The van der Waals surface area contributed by atoms with Crippen LogP contribution in [0, 0.1) is 6.92 Å². The highest BCUT2D eigenvalue weighted by atomic mass is 16.5. The van der Waals surface area contributed by atoms with E-state index in [-0.39, 0.29) is 12.3 Å². The lowest BCUT2D eigenvalue weighted by Crippen LogP contribution is -2.49. The Labute approximate surface area is 193 Å². The average molecular weight is 448 g/mol. The summed E-state index contributed by atoms with van der Waals surface area (Å²) in [6, 6.07) is 11.3. The van der Waals surface area contributed by atoms with Crippen LogP contribution in [-0.2, 0) is 11.2 Å². The Morgan fingerprint density at radius 3 is 2.67 bits per heavy atom. The number of carbonyl (C=O) groups excluding carboxylic acids is 1. The number of carbonyl (C=O) groups is 1. The molecule has 33 heavy (non-hydrogen) atoms. The molecule has 1 aromatic carbocycles. The third-order valence-corrected chi connectivity index (χ3v) is 5.94. The number of hydrogen-bond donors (Lipinski definition) is 0. The van der Waals surface area contributed by atoms with Crippen molar-refractivity contribution < 1.29 is 13.9 Å². The van der Waals surface area contributed by atoms with E-state index in [1.807, 2.05) is 49.1 Å². The minimum Gasteiger partial charge on any atom is -0.489 e. The van der Waals surface area contributed by atoms with Crippen LogP contribution in [0.25, 0.3) is 11.0 Å². The fraction of sp³-hybridized carbons (Fsp3) is 0.346. The van der Waals surface area contributed by atoms with Gasteiger partial charge in [0.15, 0.2) is 0 Å². The Morgan fingerprint density at radius 1 is 1.18 bits per heavy atom. The minimum absolute atomic E-state index is 0.0538. The maximum absolute atomic E-state index is 12.8. The number of hydrogen-bond acceptors (Lipinski definition) is 6. The second-order valence-electron chi connectivity index (χ2n) is 8.45. The lowest BCUT2D eigenvalue weighted by atomic mass is 10.0. The van der Waals surface area contributed by atoms with Crippen LogP contribution in [0.4, 0.5) is 5.82 Å². The van der Waals surface area contributed by atoms with E-state index in [4.69, 9.17) is 9.15 Å². The fourth-order valence-corrected chi connectivity index (χ4v) is 4.08. The molecule has 0 saturated carbocycles. The summed E-state index contributed by atoms with van der Waals surface area (Å²) in [5.41, 5.74) is 2.40. The molecule has 1 amide bonds. The smallest absolute Gasteiger partial charge is 0.339 e. The van der Waals surface area contributed by atoms with Crippen LogP contribution < -0.4 is 15.3 Å². The first-order valence-corrected chi connectivity index (χ1v) is 11.2. The Bertz CT molecular complexity index is 1210. The Hall–Kier alpha value is -3.61. The van der Waals surface area contributed by atoms with E-state index < -0.39 is 5.63 Å². The predicted octanol–water partition coefficient (Wildman–Crippen LogP) is 3.73. The number of nitrogens with zero attached hydrogens (tertiary/aromatic N) is 3. The molecule has 0 spiro atoms. The van der Waals surface area contributed by atoms with Crippen molar-refractivity contribution in [1.82, 2.24) is 9.88 Å². The number of ether oxygens (including phenoxy) is 1. The van der Waals surface area contributed by atoms with Crippen LogP contribution in [0.3, 0.4) is 0 Å². The van der Waals surface area contributed by atoms with Gasteiger partial charge in [-0.15, -0.1) is 0 Å². The molecule has 0 radical (unpaired) electrons. The van der Waals surface area contributed by atoms with Crippen LogP contribution in [0.1, 0.15) is 24.5 Å². The molecule has 0 N–H and O–H groups in total. The van der Waals surface area contributed by atoms with E-state index >= 15 is 0 Å². The van der Waals surface area contributed by atoms with Gasteiger partial charge in [0.05, 0.1) is 0 Å². The van der Waals surface area contributed by atoms with Crippen molar-refractivity contribution in [3.63, 3.8) is 0 Å². The number of aromatic nitrogens is 1. The van der Waals surface area contributed by atoms with Gasteiger partial charge in [-0.05, 0) is 55.7 Å². The summed E-state index contributed by atoms with van der Waals surface area (Å²) >= 11 is 0. The molecule has 1 aliphatic rings. The Kier molecular flexibility index (Phi) is 6.77. The zero-order chi connectivity index (χ0) is 23.4. The molecular weight excluding hydrogens is 418 g/mol. The molecule has 1 aliphatic heterocycles. The number of fused-ring (bicyclic) bond motifs is 1. The number of piperazine rings is 1. The molecule has 3 aromatic rings. The summed E-state index contributed by atoms with van der Waals surface area (Å²) in [5.74, 6) is 1.61. The molecule has 7 heteroatoms. The van der Waals surface area contributed by atoms with Gasteiger partial charge >= 0.3 is 5.63 Å². The third kappa shape index (κ3) is 5.25. The quantitative estimate of drug-likeness (QED) is 0.406. The Morgan fingerprint density at radius 2 is 1.97 bits per heavy atom. The number of benzene rings is 1. The molecule has 7 nitrogen and oxygen atoms in total. The molecule has 1 saturated heterocycles. The number of pyridine rings is 1. The molecule has 0 atom stereocenters. The highest BCUT2D eigenvalue weighted by molar-refractivity contribution is 5.83. The largest absolute Gasteiger partial charge is 0.489 e. The molecule has 3 heterocycles.